The molecule has 0 spiro atoms. The normalized spacial score (nSPS) is 12.4. The van der Waals surface area contributed by atoms with Crippen LogP contribution in [0.25, 0.3) is 0 Å². The molecule has 0 heterocycles. The molecule has 112 valence electrons. The fraction of sp³-hybridized carbons (Fsp3) is 0.250. The van der Waals surface area contributed by atoms with Gasteiger partial charge in [0.25, 0.3) is 0 Å². The van der Waals surface area contributed by atoms with Crippen LogP contribution in [0.1, 0.15) is 24.1 Å². The minimum Gasteiger partial charge on any atom is -0.310 e. The Morgan fingerprint density at radius 3 is 2.67 bits per heavy atom. The van der Waals surface area contributed by atoms with Gasteiger partial charge in [-0.05, 0) is 58.2 Å². The lowest BCUT2D eigenvalue weighted by atomic mass is 9.98. The largest absolute Gasteiger partial charge is 0.310 e. The standard InChI is InChI=1S/C16H15BrCl2FN/c1-2-21-15(10-6-7-13(18)12(17)8-10)9-11-4-3-5-14(20)16(11)19/h3-8,15,21H,2,9H2,1H3. The van der Waals surface area contributed by atoms with Crippen LogP contribution in [-0.4, -0.2) is 6.54 Å². The number of halogens is 4. The molecule has 0 fully saturated rings. The SMILES string of the molecule is CCNC(Cc1cccc(F)c1Cl)c1ccc(Cl)c(Br)c1. The molecule has 0 saturated heterocycles. The van der Waals surface area contributed by atoms with Crippen molar-refractivity contribution in [3.05, 3.63) is 67.9 Å². The number of hydrogen-bond acceptors (Lipinski definition) is 1. The molecule has 1 N–H and O–H groups in total. The fourth-order valence-corrected chi connectivity index (χ4v) is 2.93. The molecule has 0 aromatic heterocycles. The highest BCUT2D eigenvalue weighted by Gasteiger charge is 2.15. The quantitative estimate of drug-likeness (QED) is 0.681. The van der Waals surface area contributed by atoms with E-state index in [1.807, 2.05) is 31.2 Å². The van der Waals surface area contributed by atoms with E-state index in [1.165, 1.54) is 6.07 Å². The summed E-state index contributed by atoms with van der Waals surface area (Å²) < 4.78 is 14.4. The lowest BCUT2D eigenvalue weighted by Gasteiger charge is -2.20. The second-order valence-electron chi connectivity index (χ2n) is 4.70. The molecular formula is C16H15BrCl2FN. The number of rotatable bonds is 5. The Morgan fingerprint density at radius 1 is 1.24 bits per heavy atom. The number of nitrogens with one attached hydrogen (secondary N) is 1. The van der Waals surface area contributed by atoms with Crippen LogP contribution in [0.4, 0.5) is 4.39 Å². The van der Waals surface area contributed by atoms with Crippen LogP contribution >= 0.6 is 39.1 Å². The lowest BCUT2D eigenvalue weighted by Crippen LogP contribution is -2.23. The molecule has 0 radical (unpaired) electrons. The average Bonchev–Trinajstić information content (AvgIpc) is 2.46. The summed E-state index contributed by atoms with van der Waals surface area (Å²) in [5.41, 5.74) is 1.86. The summed E-state index contributed by atoms with van der Waals surface area (Å²) in [6.45, 7) is 2.84. The predicted octanol–water partition coefficient (Wildman–Crippen LogP) is 5.79. The highest BCUT2D eigenvalue weighted by molar-refractivity contribution is 9.10. The third-order valence-electron chi connectivity index (χ3n) is 3.25. The summed E-state index contributed by atoms with van der Waals surface area (Å²) >= 11 is 15.5. The number of hydrogen-bond donors (Lipinski definition) is 1. The van der Waals surface area contributed by atoms with Gasteiger partial charge in [-0.1, -0.05) is 48.3 Å². The Kier molecular flexibility index (Phi) is 6.06. The molecule has 0 amide bonds. The van der Waals surface area contributed by atoms with Gasteiger partial charge in [0.1, 0.15) is 5.82 Å². The van der Waals surface area contributed by atoms with Gasteiger partial charge < -0.3 is 5.32 Å². The maximum atomic E-state index is 13.6. The van der Waals surface area contributed by atoms with Gasteiger partial charge in [0.15, 0.2) is 0 Å². The molecule has 1 atom stereocenters. The summed E-state index contributed by atoms with van der Waals surface area (Å²) in [4.78, 5) is 0. The molecule has 0 bridgehead atoms. The lowest BCUT2D eigenvalue weighted by molar-refractivity contribution is 0.546. The van der Waals surface area contributed by atoms with Crippen molar-refractivity contribution in [3.8, 4) is 0 Å². The van der Waals surface area contributed by atoms with E-state index in [0.717, 1.165) is 22.1 Å². The van der Waals surface area contributed by atoms with E-state index in [9.17, 15) is 4.39 Å². The average molecular weight is 391 g/mol. The van der Waals surface area contributed by atoms with E-state index in [-0.39, 0.29) is 16.9 Å². The maximum absolute atomic E-state index is 13.6. The van der Waals surface area contributed by atoms with E-state index in [0.29, 0.717) is 11.4 Å². The Bertz CT molecular complexity index is 634. The summed E-state index contributed by atoms with van der Waals surface area (Å²) in [5, 5.41) is 4.25. The van der Waals surface area contributed by atoms with Gasteiger partial charge >= 0.3 is 0 Å². The molecule has 1 nitrogen and oxygen atoms in total. The van der Waals surface area contributed by atoms with Crippen LogP contribution in [0.3, 0.4) is 0 Å². The first-order valence-electron chi connectivity index (χ1n) is 6.64. The number of benzene rings is 2. The second-order valence-corrected chi connectivity index (χ2v) is 6.34. The van der Waals surface area contributed by atoms with Crippen LogP contribution in [0, 0.1) is 5.82 Å². The van der Waals surface area contributed by atoms with Crippen molar-refractivity contribution in [2.45, 2.75) is 19.4 Å². The summed E-state index contributed by atoms with van der Waals surface area (Å²) in [5.74, 6) is -0.387. The molecule has 1 unspecified atom stereocenters. The van der Waals surface area contributed by atoms with Crippen LogP contribution in [-0.2, 0) is 6.42 Å². The van der Waals surface area contributed by atoms with Gasteiger partial charge in [-0.2, -0.15) is 0 Å². The Hall–Kier alpha value is -0.610. The van der Waals surface area contributed by atoms with Crippen molar-refractivity contribution in [3.63, 3.8) is 0 Å². The van der Waals surface area contributed by atoms with Gasteiger partial charge in [-0.3, -0.25) is 0 Å². The van der Waals surface area contributed by atoms with Gasteiger partial charge in [-0.15, -0.1) is 0 Å². The first-order chi connectivity index (χ1) is 10.0. The number of likely N-dealkylation sites (N-methyl/N-ethyl adjacent to an activating group) is 1. The zero-order valence-corrected chi connectivity index (χ0v) is 14.6. The van der Waals surface area contributed by atoms with Gasteiger partial charge in [0.05, 0.1) is 10.0 Å². The van der Waals surface area contributed by atoms with Crippen LogP contribution in [0.2, 0.25) is 10.0 Å². The maximum Gasteiger partial charge on any atom is 0.142 e. The van der Waals surface area contributed by atoms with Crippen molar-refractivity contribution in [2.75, 3.05) is 6.54 Å². The zero-order valence-electron chi connectivity index (χ0n) is 11.5. The smallest absolute Gasteiger partial charge is 0.142 e. The molecule has 0 aliphatic rings. The minimum atomic E-state index is -0.387. The molecule has 0 aliphatic carbocycles. The van der Waals surface area contributed by atoms with Crippen molar-refractivity contribution >= 4 is 39.1 Å². The summed E-state index contributed by atoms with van der Waals surface area (Å²) in [6, 6.07) is 10.7. The van der Waals surface area contributed by atoms with Crippen LogP contribution < -0.4 is 5.32 Å². The first-order valence-corrected chi connectivity index (χ1v) is 8.19. The third kappa shape index (κ3) is 4.19. The van der Waals surface area contributed by atoms with Crippen molar-refractivity contribution in [1.82, 2.24) is 5.32 Å². The van der Waals surface area contributed by atoms with Gasteiger partial charge in [-0.25, -0.2) is 4.39 Å². The van der Waals surface area contributed by atoms with E-state index in [1.54, 1.807) is 6.07 Å². The molecular weight excluding hydrogens is 376 g/mol. The highest BCUT2D eigenvalue weighted by Crippen LogP contribution is 2.29. The highest BCUT2D eigenvalue weighted by atomic mass is 79.9. The Balaban J connectivity index is 2.30. The van der Waals surface area contributed by atoms with E-state index in [4.69, 9.17) is 23.2 Å². The molecule has 0 aliphatic heterocycles. The van der Waals surface area contributed by atoms with Crippen molar-refractivity contribution in [2.24, 2.45) is 0 Å². The van der Waals surface area contributed by atoms with E-state index in [2.05, 4.69) is 21.2 Å². The van der Waals surface area contributed by atoms with Crippen LogP contribution in [0.5, 0.6) is 0 Å². The molecule has 0 saturated carbocycles. The Morgan fingerprint density at radius 2 is 2.00 bits per heavy atom. The fourth-order valence-electron chi connectivity index (χ4n) is 2.21. The molecule has 2 aromatic carbocycles. The summed E-state index contributed by atoms with van der Waals surface area (Å²) in [7, 11) is 0. The second kappa shape index (κ2) is 7.59. The van der Waals surface area contributed by atoms with Crippen molar-refractivity contribution < 1.29 is 4.39 Å². The van der Waals surface area contributed by atoms with Crippen molar-refractivity contribution in [1.29, 1.82) is 0 Å². The predicted molar refractivity (Wildman–Crippen MR) is 90.7 cm³/mol. The topological polar surface area (TPSA) is 12.0 Å². The Labute approximate surface area is 142 Å². The zero-order chi connectivity index (χ0) is 15.4. The molecule has 5 heteroatoms. The third-order valence-corrected chi connectivity index (χ3v) is 4.89. The van der Waals surface area contributed by atoms with Crippen LogP contribution in [0.15, 0.2) is 40.9 Å². The summed E-state index contributed by atoms with van der Waals surface area (Å²) in [6.07, 6.45) is 0.610. The van der Waals surface area contributed by atoms with Gasteiger partial charge in [0, 0.05) is 10.5 Å². The van der Waals surface area contributed by atoms with E-state index >= 15 is 0 Å². The molecule has 2 aromatic rings. The molecule has 21 heavy (non-hydrogen) atoms. The molecule has 2 rings (SSSR count). The van der Waals surface area contributed by atoms with Gasteiger partial charge in [0.2, 0.25) is 0 Å². The minimum absolute atomic E-state index is 0.0443. The monoisotopic (exact) mass is 389 g/mol. The first kappa shape index (κ1) is 16.8. The van der Waals surface area contributed by atoms with E-state index < -0.39 is 0 Å².